The maximum Gasteiger partial charge on any atom is 0.181 e. The Morgan fingerprint density at radius 3 is 0.857 bits per heavy atom. The van der Waals surface area contributed by atoms with E-state index >= 15 is 0 Å². The predicted octanol–water partition coefficient (Wildman–Crippen LogP) is 1.72. The first-order valence-corrected chi connectivity index (χ1v) is 9.56. The molecule has 0 aliphatic carbocycles. The normalized spacial score (nSPS) is 6.29. The SMILES string of the molecule is N#CC#N.N#CC#N.N#CC#N.N#CC#N.N#CC#N.N#CC#N.c1cnc2c(n1)c1cncnc1c1nccnc21. The summed E-state index contributed by atoms with van der Waals surface area (Å²) < 4.78 is 0. The Morgan fingerprint density at radius 1 is 0.333 bits per heavy atom. The summed E-state index contributed by atoms with van der Waals surface area (Å²) in [7, 11) is 0. The van der Waals surface area contributed by atoms with Crippen LogP contribution in [0.3, 0.4) is 0 Å². The second-order valence-corrected chi connectivity index (χ2v) is 5.13. The van der Waals surface area contributed by atoms with Crippen LogP contribution in [0.1, 0.15) is 0 Å². The van der Waals surface area contributed by atoms with E-state index in [1.807, 2.05) is 0 Å². The average molecular weight is 546 g/mol. The highest BCUT2D eigenvalue weighted by Crippen LogP contribution is 2.27. The van der Waals surface area contributed by atoms with Crippen LogP contribution in [0, 0.1) is 136 Å². The van der Waals surface area contributed by atoms with Gasteiger partial charge in [-0.1, -0.05) is 0 Å². The summed E-state index contributed by atoms with van der Waals surface area (Å²) in [6, 6.07) is 14.8. The van der Waals surface area contributed by atoms with Gasteiger partial charge in [-0.25, -0.2) is 9.97 Å². The number of hydrogen-bond donors (Lipinski definition) is 0. The number of nitrogens with zero attached hydrogens (tertiary/aromatic N) is 18. The van der Waals surface area contributed by atoms with Crippen molar-refractivity contribution < 1.29 is 0 Å². The molecule has 0 saturated carbocycles. The molecule has 0 aliphatic rings. The molecular formula is C24H6N18. The predicted molar refractivity (Wildman–Crippen MR) is 133 cm³/mol. The van der Waals surface area contributed by atoms with Crippen molar-refractivity contribution in [3.8, 4) is 72.8 Å². The third-order valence-electron chi connectivity index (χ3n) is 3.11. The van der Waals surface area contributed by atoms with E-state index in [2.05, 4.69) is 29.9 Å². The molecule has 42 heavy (non-hydrogen) atoms. The molecule has 3 heterocycles. The van der Waals surface area contributed by atoms with Crippen molar-refractivity contribution in [2.75, 3.05) is 0 Å². The lowest BCUT2D eigenvalue weighted by Crippen LogP contribution is -1.93. The summed E-state index contributed by atoms with van der Waals surface area (Å²) in [5, 5.41) is 88.0. The van der Waals surface area contributed by atoms with Gasteiger partial charge in [0.2, 0.25) is 0 Å². The fraction of sp³-hybridized carbons (Fsp3) is 0. The van der Waals surface area contributed by atoms with Crippen LogP contribution in [0.2, 0.25) is 0 Å². The van der Waals surface area contributed by atoms with Gasteiger partial charge in [0, 0.05) is 36.4 Å². The summed E-state index contributed by atoms with van der Waals surface area (Å²) in [6.45, 7) is 0. The van der Waals surface area contributed by atoms with Gasteiger partial charge in [-0.2, -0.15) is 63.1 Å². The van der Waals surface area contributed by atoms with E-state index < -0.39 is 0 Å². The lowest BCUT2D eigenvalue weighted by Gasteiger charge is -2.04. The van der Waals surface area contributed by atoms with Gasteiger partial charge in [-0.05, 0) is 0 Å². The molecule has 4 rings (SSSR count). The Balaban J connectivity index is -0.000000526. The number of hydrogen-bond acceptors (Lipinski definition) is 18. The van der Waals surface area contributed by atoms with Crippen LogP contribution in [-0.2, 0) is 0 Å². The molecule has 0 fully saturated rings. The van der Waals surface area contributed by atoms with Gasteiger partial charge in [-0.15, -0.1) is 0 Å². The van der Waals surface area contributed by atoms with Gasteiger partial charge >= 0.3 is 0 Å². The van der Waals surface area contributed by atoms with Crippen molar-refractivity contribution in [3.63, 3.8) is 0 Å². The van der Waals surface area contributed by atoms with Crippen molar-refractivity contribution in [1.82, 2.24) is 29.9 Å². The van der Waals surface area contributed by atoms with Gasteiger partial charge in [0.1, 0.15) is 33.9 Å². The maximum atomic E-state index is 7.26. The molecule has 4 aromatic rings. The molecule has 18 heteroatoms. The smallest absolute Gasteiger partial charge is 0.181 e. The van der Waals surface area contributed by atoms with E-state index in [4.69, 9.17) is 63.1 Å². The van der Waals surface area contributed by atoms with Crippen LogP contribution in [0.4, 0.5) is 0 Å². The average Bonchev–Trinajstić information content (AvgIpc) is 3.09. The minimum Gasteiger partial charge on any atom is -0.252 e. The van der Waals surface area contributed by atoms with E-state index in [1.165, 1.54) is 79.2 Å². The molecule has 0 bridgehead atoms. The highest BCUT2D eigenvalue weighted by Gasteiger charge is 2.12. The zero-order valence-electron chi connectivity index (χ0n) is 20.5. The molecule has 18 nitrogen and oxygen atoms in total. The number of fused-ring (bicyclic) bond motifs is 6. The summed E-state index contributed by atoms with van der Waals surface area (Å²) in [5.41, 5.74) is 3.67. The first-order valence-electron chi connectivity index (χ1n) is 9.56. The molecule has 0 radical (unpaired) electrons. The molecule has 0 spiro atoms. The van der Waals surface area contributed by atoms with Gasteiger partial charge < -0.3 is 0 Å². The molecular weight excluding hydrogens is 540 g/mol. The van der Waals surface area contributed by atoms with E-state index in [1.54, 1.807) is 31.0 Å². The summed E-state index contributed by atoms with van der Waals surface area (Å²) >= 11 is 0. The van der Waals surface area contributed by atoms with Crippen molar-refractivity contribution in [2.24, 2.45) is 0 Å². The number of benzene rings is 1. The third kappa shape index (κ3) is 15.9. The van der Waals surface area contributed by atoms with E-state index in [9.17, 15) is 0 Å². The number of aromatic nitrogens is 6. The van der Waals surface area contributed by atoms with Crippen LogP contribution in [0.5, 0.6) is 0 Å². The molecule has 0 atom stereocenters. The van der Waals surface area contributed by atoms with Gasteiger partial charge in [0.05, 0.1) is 0 Å². The molecule has 192 valence electrons. The molecule has 1 aromatic carbocycles. The number of rotatable bonds is 0. The fourth-order valence-corrected chi connectivity index (χ4v) is 2.08. The van der Waals surface area contributed by atoms with E-state index in [0.29, 0.717) is 5.52 Å². The maximum absolute atomic E-state index is 7.26. The Labute approximate surface area is 236 Å². The van der Waals surface area contributed by atoms with Crippen LogP contribution in [0.25, 0.3) is 33.0 Å². The lowest BCUT2D eigenvalue weighted by molar-refractivity contribution is 1.21. The van der Waals surface area contributed by atoms with Crippen molar-refractivity contribution in [1.29, 1.82) is 63.1 Å². The minimum absolute atomic E-state index is 0.715. The largest absolute Gasteiger partial charge is 0.252 e. The molecule has 3 aromatic heterocycles. The zero-order valence-corrected chi connectivity index (χ0v) is 20.5. The molecule has 0 unspecified atom stereocenters. The molecule has 0 N–H and O–H groups in total. The highest BCUT2D eigenvalue weighted by molar-refractivity contribution is 6.18. The summed E-state index contributed by atoms with van der Waals surface area (Å²) in [6.07, 6.45) is 9.81. The summed E-state index contributed by atoms with van der Waals surface area (Å²) in [5.74, 6) is 0. The Hall–Kier alpha value is -8.88. The lowest BCUT2D eigenvalue weighted by atomic mass is 10.1. The van der Waals surface area contributed by atoms with E-state index in [-0.39, 0.29) is 0 Å². The van der Waals surface area contributed by atoms with Crippen LogP contribution in [0.15, 0.2) is 37.3 Å². The standard InChI is InChI=1S/C12H6N6.6C2N2/c1-2-15-10-8(14-1)7-5-13-6-18-9(7)11-12(10)17-4-3-16-11;6*3-1-2-4/h1-6H;;;;;;. The summed E-state index contributed by atoms with van der Waals surface area (Å²) in [4.78, 5) is 25.7. The Bertz CT molecular complexity index is 1500. The second kappa shape index (κ2) is 28.4. The topological polar surface area (TPSA) is 363 Å². The zero-order chi connectivity index (χ0) is 32.4. The number of nitriles is 12. The Morgan fingerprint density at radius 2 is 0.571 bits per heavy atom. The second-order valence-electron chi connectivity index (χ2n) is 5.13. The van der Waals surface area contributed by atoms with Crippen LogP contribution >= 0.6 is 0 Å². The first kappa shape index (κ1) is 37.7. The van der Waals surface area contributed by atoms with Crippen molar-refractivity contribution in [2.45, 2.75) is 0 Å². The first-order chi connectivity index (χ1) is 20.4. The van der Waals surface area contributed by atoms with Crippen molar-refractivity contribution >= 4 is 33.0 Å². The van der Waals surface area contributed by atoms with Crippen LogP contribution in [-0.4, -0.2) is 29.9 Å². The van der Waals surface area contributed by atoms with Crippen molar-refractivity contribution in [3.05, 3.63) is 37.3 Å². The fourth-order valence-electron chi connectivity index (χ4n) is 2.08. The Kier molecular flexibility index (Phi) is 25.4. The highest BCUT2D eigenvalue weighted by atomic mass is 14.9. The quantitative estimate of drug-likeness (QED) is 0.283. The van der Waals surface area contributed by atoms with E-state index in [0.717, 1.165) is 27.5 Å². The van der Waals surface area contributed by atoms with Crippen LogP contribution < -0.4 is 0 Å². The monoisotopic (exact) mass is 546 g/mol. The van der Waals surface area contributed by atoms with Gasteiger partial charge in [0.25, 0.3) is 0 Å². The van der Waals surface area contributed by atoms with Gasteiger partial charge in [-0.3, -0.25) is 19.9 Å². The molecule has 0 saturated heterocycles. The molecule has 0 amide bonds. The molecule has 0 aliphatic heterocycles. The minimum atomic E-state index is 0.715. The third-order valence-corrected chi connectivity index (χ3v) is 3.11. The van der Waals surface area contributed by atoms with Gasteiger partial charge in [0.15, 0.2) is 72.8 Å².